The molecule has 0 aliphatic carbocycles. The number of benzene rings is 3. The van der Waals surface area contributed by atoms with Crippen LogP contribution in [0.1, 0.15) is 13.8 Å². The molecule has 1 aliphatic rings. The van der Waals surface area contributed by atoms with Gasteiger partial charge in [-0.15, -0.1) is 0 Å². The second-order valence-electron chi connectivity index (χ2n) is 9.70. The SMILES string of the molecule is C[C@H]1CN([C@@H](C)CO)S(=O)(=O)c2ccc(-c3ccc(F)cc3)cc2O[C@@H]1CN(C)C(=O)Nc1ccccc1F. The number of aliphatic hydroxyl groups excluding tert-OH is 1. The van der Waals surface area contributed by atoms with Gasteiger partial charge in [0.25, 0.3) is 0 Å². The van der Waals surface area contributed by atoms with Gasteiger partial charge in [-0.1, -0.05) is 37.3 Å². The maximum absolute atomic E-state index is 14.1. The van der Waals surface area contributed by atoms with Gasteiger partial charge in [0.2, 0.25) is 10.0 Å². The molecule has 3 atom stereocenters. The lowest BCUT2D eigenvalue weighted by atomic mass is 10.0. The number of para-hydroxylation sites is 1. The summed E-state index contributed by atoms with van der Waals surface area (Å²) in [7, 11) is -2.52. The molecule has 11 heteroatoms. The first kappa shape index (κ1) is 28.5. The van der Waals surface area contributed by atoms with Gasteiger partial charge < -0.3 is 20.1 Å². The van der Waals surface area contributed by atoms with E-state index in [1.165, 1.54) is 52.7 Å². The fourth-order valence-electron chi connectivity index (χ4n) is 4.39. The number of anilines is 1. The summed E-state index contributed by atoms with van der Waals surface area (Å²) >= 11 is 0. The predicted molar refractivity (Wildman–Crippen MR) is 144 cm³/mol. The van der Waals surface area contributed by atoms with Crippen LogP contribution in [0.3, 0.4) is 0 Å². The fourth-order valence-corrected chi connectivity index (χ4v) is 6.22. The van der Waals surface area contributed by atoms with E-state index in [4.69, 9.17) is 4.74 Å². The van der Waals surface area contributed by atoms with E-state index in [0.29, 0.717) is 11.1 Å². The third-order valence-electron chi connectivity index (χ3n) is 6.76. The van der Waals surface area contributed by atoms with E-state index in [9.17, 15) is 27.1 Å². The minimum absolute atomic E-state index is 0.0318. The number of likely N-dealkylation sites (N-methyl/N-ethyl adjacent to an activating group) is 1. The molecule has 0 fully saturated rings. The van der Waals surface area contributed by atoms with Crippen LogP contribution in [0.2, 0.25) is 0 Å². The highest BCUT2D eigenvalue weighted by atomic mass is 32.2. The van der Waals surface area contributed by atoms with Crippen molar-refractivity contribution in [2.75, 3.05) is 32.1 Å². The molecule has 1 heterocycles. The average Bonchev–Trinajstić information content (AvgIpc) is 2.91. The summed E-state index contributed by atoms with van der Waals surface area (Å²) in [6.07, 6.45) is -0.660. The Kier molecular flexibility index (Phi) is 8.53. The number of hydrogen-bond acceptors (Lipinski definition) is 5. The Morgan fingerprint density at radius 1 is 1.13 bits per heavy atom. The zero-order chi connectivity index (χ0) is 28.3. The van der Waals surface area contributed by atoms with Crippen molar-refractivity contribution >= 4 is 21.7 Å². The van der Waals surface area contributed by atoms with Gasteiger partial charge in [0.05, 0.1) is 18.8 Å². The van der Waals surface area contributed by atoms with E-state index in [0.717, 1.165) is 0 Å². The van der Waals surface area contributed by atoms with Crippen molar-refractivity contribution in [2.24, 2.45) is 5.92 Å². The monoisotopic (exact) mass is 559 g/mol. The molecule has 2 amide bonds. The molecule has 1 aliphatic heterocycles. The lowest BCUT2D eigenvalue weighted by Gasteiger charge is -2.37. The van der Waals surface area contributed by atoms with Crippen LogP contribution in [-0.4, -0.2) is 67.7 Å². The van der Waals surface area contributed by atoms with Crippen molar-refractivity contribution < 1.29 is 31.8 Å². The number of sulfonamides is 1. The van der Waals surface area contributed by atoms with Crippen molar-refractivity contribution in [3.05, 3.63) is 78.4 Å². The molecule has 3 aromatic carbocycles. The average molecular weight is 560 g/mol. The van der Waals surface area contributed by atoms with Crippen molar-refractivity contribution in [1.29, 1.82) is 0 Å². The number of amides is 2. The molecule has 0 unspecified atom stereocenters. The van der Waals surface area contributed by atoms with Gasteiger partial charge >= 0.3 is 6.03 Å². The summed E-state index contributed by atoms with van der Waals surface area (Å²) in [5, 5.41) is 12.4. The molecule has 2 N–H and O–H groups in total. The molecule has 8 nitrogen and oxygen atoms in total. The van der Waals surface area contributed by atoms with Gasteiger partial charge in [-0.3, -0.25) is 0 Å². The Hall–Kier alpha value is -3.54. The second kappa shape index (κ2) is 11.7. The highest BCUT2D eigenvalue weighted by molar-refractivity contribution is 7.89. The first-order valence-electron chi connectivity index (χ1n) is 12.5. The Morgan fingerprint density at radius 3 is 2.46 bits per heavy atom. The zero-order valence-corrected chi connectivity index (χ0v) is 22.7. The first-order chi connectivity index (χ1) is 18.5. The Balaban J connectivity index is 1.69. The highest BCUT2D eigenvalue weighted by Gasteiger charge is 2.38. The number of urea groups is 1. The minimum atomic E-state index is -4.05. The largest absolute Gasteiger partial charge is 0.487 e. The number of carbonyl (C=O) groups excluding carboxylic acids is 1. The number of hydrogen-bond donors (Lipinski definition) is 2. The van der Waals surface area contributed by atoms with Crippen LogP contribution in [0.4, 0.5) is 19.3 Å². The van der Waals surface area contributed by atoms with Crippen molar-refractivity contribution in [1.82, 2.24) is 9.21 Å². The van der Waals surface area contributed by atoms with Crippen LogP contribution in [0.5, 0.6) is 5.75 Å². The quantitative estimate of drug-likeness (QED) is 0.461. The summed E-state index contributed by atoms with van der Waals surface area (Å²) in [5.74, 6) is -1.30. The van der Waals surface area contributed by atoms with Gasteiger partial charge in [0.15, 0.2) is 0 Å². The molecule has 208 valence electrons. The van der Waals surface area contributed by atoms with Crippen LogP contribution in [0, 0.1) is 17.6 Å². The molecular weight excluding hydrogens is 528 g/mol. The third kappa shape index (κ3) is 6.21. The standard InChI is InChI=1S/C28H31F2N3O5S/c1-18-15-33(19(2)17-34)39(36,37)27-13-10-21(20-8-11-22(29)12-9-20)14-25(27)38-26(18)16-32(3)28(35)31-24-7-5-4-6-23(24)30/h4-14,18-19,26,34H,15-17H2,1-3H3,(H,31,35)/t18-,19-,26+/m0/s1. The predicted octanol–water partition coefficient (Wildman–Crippen LogP) is 4.56. The first-order valence-corrected chi connectivity index (χ1v) is 13.9. The smallest absolute Gasteiger partial charge is 0.321 e. The lowest BCUT2D eigenvalue weighted by molar-refractivity contribution is 0.0830. The van der Waals surface area contributed by atoms with E-state index in [2.05, 4.69) is 5.32 Å². The molecule has 0 saturated carbocycles. The topological polar surface area (TPSA) is 99.2 Å². The number of rotatable bonds is 6. The molecule has 0 bridgehead atoms. The summed E-state index contributed by atoms with van der Waals surface area (Å²) < 4.78 is 62.4. The number of carbonyl (C=O) groups is 1. The zero-order valence-electron chi connectivity index (χ0n) is 21.8. The van der Waals surface area contributed by atoms with E-state index in [-0.39, 0.29) is 36.0 Å². The fraction of sp³-hybridized carbons (Fsp3) is 0.321. The Bertz CT molecular complexity index is 1440. The number of aliphatic hydroxyl groups is 1. The Morgan fingerprint density at radius 2 is 1.79 bits per heavy atom. The summed E-state index contributed by atoms with van der Waals surface area (Å²) in [4.78, 5) is 14.1. The molecular formula is C28H31F2N3O5S. The van der Waals surface area contributed by atoms with E-state index in [1.54, 1.807) is 44.2 Å². The summed E-state index contributed by atoms with van der Waals surface area (Å²) in [6.45, 7) is 3.13. The van der Waals surface area contributed by atoms with E-state index in [1.807, 2.05) is 0 Å². The van der Waals surface area contributed by atoms with E-state index < -0.39 is 45.8 Å². The van der Waals surface area contributed by atoms with Gasteiger partial charge in [-0.2, -0.15) is 4.31 Å². The van der Waals surface area contributed by atoms with Gasteiger partial charge in [-0.05, 0) is 54.4 Å². The van der Waals surface area contributed by atoms with Crippen molar-refractivity contribution in [3.63, 3.8) is 0 Å². The third-order valence-corrected chi connectivity index (χ3v) is 8.78. The van der Waals surface area contributed by atoms with E-state index >= 15 is 0 Å². The lowest BCUT2D eigenvalue weighted by Crippen LogP contribution is -2.50. The number of halogens is 2. The molecule has 0 spiro atoms. The summed E-state index contributed by atoms with van der Waals surface area (Å²) in [5.41, 5.74) is 1.31. The van der Waals surface area contributed by atoms with Crippen LogP contribution in [-0.2, 0) is 10.0 Å². The van der Waals surface area contributed by atoms with Gasteiger partial charge in [0, 0.05) is 25.6 Å². The molecule has 0 aromatic heterocycles. The second-order valence-corrected chi connectivity index (χ2v) is 11.6. The number of nitrogens with one attached hydrogen (secondary N) is 1. The molecule has 0 radical (unpaired) electrons. The highest BCUT2D eigenvalue weighted by Crippen LogP contribution is 2.36. The van der Waals surface area contributed by atoms with Crippen LogP contribution >= 0.6 is 0 Å². The number of fused-ring (bicyclic) bond motifs is 1. The summed E-state index contributed by atoms with van der Waals surface area (Å²) in [6, 6.07) is 14.9. The van der Waals surface area contributed by atoms with Crippen LogP contribution in [0.15, 0.2) is 71.6 Å². The maximum Gasteiger partial charge on any atom is 0.321 e. The number of ether oxygens (including phenoxy) is 1. The molecule has 0 saturated heterocycles. The van der Waals surface area contributed by atoms with Gasteiger partial charge in [0.1, 0.15) is 28.4 Å². The Labute approximate surface area is 226 Å². The van der Waals surface area contributed by atoms with Crippen LogP contribution < -0.4 is 10.1 Å². The van der Waals surface area contributed by atoms with Crippen molar-refractivity contribution in [3.8, 4) is 16.9 Å². The van der Waals surface area contributed by atoms with Crippen molar-refractivity contribution in [2.45, 2.75) is 30.9 Å². The minimum Gasteiger partial charge on any atom is -0.487 e. The number of nitrogens with zero attached hydrogens (tertiary/aromatic N) is 2. The molecule has 3 aromatic rings. The van der Waals surface area contributed by atoms with Gasteiger partial charge in [-0.25, -0.2) is 22.0 Å². The maximum atomic E-state index is 14.1. The van der Waals surface area contributed by atoms with Crippen LogP contribution in [0.25, 0.3) is 11.1 Å². The normalized spacial score (nSPS) is 19.6. The molecule has 4 rings (SSSR count). The molecule has 39 heavy (non-hydrogen) atoms.